The minimum atomic E-state index is -1.57. The molecule has 0 bridgehead atoms. The molecule has 0 aromatic heterocycles. The van der Waals surface area contributed by atoms with Gasteiger partial charge >= 0.3 is 0 Å². The number of allylic oxidation sites excluding steroid dienone is 19. The second kappa shape index (κ2) is 43.5. The Labute approximate surface area is 388 Å². The average Bonchev–Trinajstić information content (AvgIpc) is 3.29. The van der Waals surface area contributed by atoms with Crippen LogP contribution in [-0.4, -0.2) is 87.5 Å². The van der Waals surface area contributed by atoms with Gasteiger partial charge in [0.2, 0.25) is 5.91 Å². The van der Waals surface area contributed by atoms with Crippen molar-refractivity contribution in [3.8, 4) is 0 Å². The van der Waals surface area contributed by atoms with Crippen molar-refractivity contribution < 1.29 is 39.8 Å². The summed E-state index contributed by atoms with van der Waals surface area (Å²) in [5.74, 6) is -0.201. The third-order valence-electron chi connectivity index (χ3n) is 10.8. The number of unbranched alkanes of at least 4 members (excludes halogenated alkanes) is 11. The number of aliphatic hydroxyl groups is 5. The number of hydrogen-bond acceptors (Lipinski definition) is 8. The van der Waals surface area contributed by atoms with Crippen molar-refractivity contribution in [2.75, 3.05) is 13.2 Å². The molecule has 0 aliphatic carbocycles. The fourth-order valence-corrected chi connectivity index (χ4v) is 6.85. The van der Waals surface area contributed by atoms with Crippen LogP contribution < -0.4 is 5.32 Å². The molecule has 0 radical (unpaired) electrons. The van der Waals surface area contributed by atoms with Gasteiger partial charge in [0, 0.05) is 6.42 Å². The normalized spacial score (nSPS) is 21.1. The van der Waals surface area contributed by atoms with Gasteiger partial charge in [0.1, 0.15) is 24.4 Å². The minimum Gasteiger partial charge on any atom is -0.394 e. The number of aliphatic hydroxyl groups excluding tert-OH is 5. The largest absolute Gasteiger partial charge is 0.394 e. The van der Waals surface area contributed by atoms with Crippen molar-refractivity contribution in [2.45, 2.75) is 204 Å². The van der Waals surface area contributed by atoms with Crippen LogP contribution in [0.2, 0.25) is 0 Å². The zero-order valence-corrected chi connectivity index (χ0v) is 39.7. The summed E-state index contributed by atoms with van der Waals surface area (Å²) in [7, 11) is 0. The van der Waals surface area contributed by atoms with E-state index in [9.17, 15) is 30.3 Å². The number of carbonyl (C=O) groups is 1. The summed E-state index contributed by atoms with van der Waals surface area (Å²) in [4.78, 5) is 12.9. The molecule has 1 aliphatic rings. The van der Waals surface area contributed by atoms with Gasteiger partial charge in [-0.1, -0.05) is 187 Å². The van der Waals surface area contributed by atoms with Crippen LogP contribution in [0.25, 0.3) is 0 Å². The smallest absolute Gasteiger partial charge is 0.220 e. The number of hydrogen-bond donors (Lipinski definition) is 6. The van der Waals surface area contributed by atoms with Gasteiger partial charge in [-0.3, -0.25) is 4.79 Å². The van der Waals surface area contributed by atoms with E-state index in [1.807, 2.05) is 6.08 Å². The van der Waals surface area contributed by atoms with Crippen molar-refractivity contribution in [3.05, 3.63) is 122 Å². The molecule has 1 rings (SSSR count). The van der Waals surface area contributed by atoms with Crippen molar-refractivity contribution >= 4 is 5.91 Å². The van der Waals surface area contributed by atoms with E-state index in [0.717, 1.165) is 122 Å². The Hall–Kier alpha value is -3.41. The summed E-state index contributed by atoms with van der Waals surface area (Å²) < 4.78 is 11.1. The van der Waals surface area contributed by atoms with Gasteiger partial charge in [0.15, 0.2) is 6.29 Å². The van der Waals surface area contributed by atoms with Crippen molar-refractivity contribution in [3.63, 3.8) is 0 Å². The zero-order valence-electron chi connectivity index (χ0n) is 39.7. The standard InChI is InChI=1S/C55H89NO8/c1-3-5-7-9-11-12-13-14-15-16-17-18-19-20-21-22-23-24-25-26-27-28-29-30-31-32-33-34-35-36-37-38-39-41-43-45-51(59)56-48(49(58)44-42-40-10-8-6-4-2)47-63-55-54(62)53(61)52(60)50(46-57)64-55/h5,7,11-12,14-15,17-18,20-21,23-24,26-27,29-30,32-33,42,44,48-50,52-55,57-58,60-62H,3-4,6,8-10,13,16,19,22,25,28,31,34-41,43,45-47H2,1-2H3,(H,56,59)/b7-5-,12-11-,15-14-,18-17-,21-20-,24-23-,27-26-,30-29-,33-32-,44-42+. The lowest BCUT2D eigenvalue weighted by Crippen LogP contribution is -2.60. The maximum Gasteiger partial charge on any atom is 0.220 e. The van der Waals surface area contributed by atoms with Crippen LogP contribution in [0.4, 0.5) is 0 Å². The van der Waals surface area contributed by atoms with E-state index >= 15 is 0 Å². The number of carbonyl (C=O) groups excluding carboxylic acids is 1. The van der Waals surface area contributed by atoms with Crippen molar-refractivity contribution in [1.29, 1.82) is 0 Å². The van der Waals surface area contributed by atoms with Gasteiger partial charge < -0.3 is 40.3 Å². The first-order valence-corrected chi connectivity index (χ1v) is 24.8. The molecular weight excluding hydrogens is 803 g/mol. The van der Waals surface area contributed by atoms with Crippen molar-refractivity contribution in [1.82, 2.24) is 5.32 Å². The van der Waals surface area contributed by atoms with Gasteiger partial charge in [0.25, 0.3) is 0 Å². The molecule has 1 saturated heterocycles. The number of rotatable bonds is 39. The first-order chi connectivity index (χ1) is 31.3. The molecule has 0 spiro atoms. The van der Waals surface area contributed by atoms with E-state index in [0.29, 0.717) is 6.42 Å². The Morgan fingerprint density at radius 2 is 0.969 bits per heavy atom. The monoisotopic (exact) mass is 892 g/mol. The van der Waals surface area contributed by atoms with Crippen LogP contribution in [0, 0.1) is 0 Å². The summed E-state index contributed by atoms with van der Waals surface area (Å²) in [6, 6.07) is -0.816. The minimum absolute atomic E-state index is 0.201. The highest BCUT2D eigenvalue weighted by atomic mass is 16.7. The highest BCUT2D eigenvalue weighted by molar-refractivity contribution is 5.76. The van der Waals surface area contributed by atoms with Crippen LogP contribution in [0.5, 0.6) is 0 Å². The molecule has 6 N–H and O–H groups in total. The summed E-state index contributed by atoms with van der Waals surface area (Å²) in [5, 5.41) is 53.8. The Morgan fingerprint density at radius 3 is 1.44 bits per heavy atom. The Morgan fingerprint density at radius 1 is 0.547 bits per heavy atom. The second-order valence-electron chi connectivity index (χ2n) is 16.5. The molecule has 1 amide bonds. The van der Waals surface area contributed by atoms with Gasteiger partial charge in [-0.25, -0.2) is 0 Å². The van der Waals surface area contributed by atoms with Crippen LogP contribution in [0.15, 0.2) is 122 Å². The third kappa shape index (κ3) is 33.1. The van der Waals surface area contributed by atoms with E-state index < -0.39 is 49.5 Å². The van der Waals surface area contributed by atoms with Gasteiger partial charge in [-0.2, -0.15) is 0 Å². The van der Waals surface area contributed by atoms with Gasteiger partial charge in [0.05, 0.1) is 25.4 Å². The quantitative estimate of drug-likeness (QED) is 0.0264. The fourth-order valence-electron chi connectivity index (χ4n) is 6.85. The molecule has 7 unspecified atom stereocenters. The lowest BCUT2D eigenvalue weighted by molar-refractivity contribution is -0.302. The summed E-state index contributed by atoms with van der Waals surface area (Å²) in [6.07, 6.45) is 58.6. The maximum atomic E-state index is 12.9. The zero-order chi connectivity index (χ0) is 46.6. The highest BCUT2D eigenvalue weighted by Crippen LogP contribution is 2.22. The van der Waals surface area contributed by atoms with E-state index in [2.05, 4.69) is 129 Å². The van der Waals surface area contributed by atoms with E-state index in [1.54, 1.807) is 6.08 Å². The number of nitrogens with one attached hydrogen (secondary N) is 1. The van der Waals surface area contributed by atoms with Crippen LogP contribution in [-0.2, 0) is 14.3 Å². The maximum absolute atomic E-state index is 12.9. The van der Waals surface area contributed by atoms with Gasteiger partial charge in [-0.05, 0) is 89.9 Å². The molecule has 362 valence electrons. The SMILES string of the molecule is CC/C=C\C/C=C\C/C=C\C/C=C\C/C=C\C/C=C\C/C=C\C/C=C\C/C=C\CCCCCCCCCC(=O)NC(COC1OC(CO)C(O)C(O)C1O)C(O)/C=C/CCCCCC. The summed E-state index contributed by atoms with van der Waals surface area (Å²) >= 11 is 0. The molecule has 64 heavy (non-hydrogen) atoms. The van der Waals surface area contributed by atoms with E-state index in [-0.39, 0.29) is 12.5 Å². The average molecular weight is 892 g/mol. The van der Waals surface area contributed by atoms with Crippen LogP contribution in [0.3, 0.4) is 0 Å². The summed E-state index contributed by atoms with van der Waals surface area (Å²) in [5.41, 5.74) is 0. The molecule has 0 aromatic rings. The number of ether oxygens (including phenoxy) is 2. The molecule has 1 heterocycles. The molecule has 1 aliphatic heterocycles. The highest BCUT2D eigenvalue weighted by Gasteiger charge is 2.44. The lowest BCUT2D eigenvalue weighted by atomic mass is 9.99. The van der Waals surface area contributed by atoms with E-state index in [4.69, 9.17) is 9.47 Å². The van der Waals surface area contributed by atoms with E-state index in [1.165, 1.54) is 19.3 Å². The van der Waals surface area contributed by atoms with Crippen molar-refractivity contribution in [2.24, 2.45) is 0 Å². The Bertz CT molecular complexity index is 1410. The molecule has 1 fully saturated rings. The summed E-state index contributed by atoms with van der Waals surface area (Å²) in [6.45, 7) is 3.54. The fraction of sp³-hybridized carbons (Fsp3) is 0.618. The molecule has 9 nitrogen and oxygen atoms in total. The topological polar surface area (TPSA) is 149 Å². The van der Waals surface area contributed by atoms with Gasteiger partial charge in [-0.15, -0.1) is 0 Å². The number of amides is 1. The second-order valence-corrected chi connectivity index (χ2v) is 16.5. The predicted octanol–water partition coefficient (Wildman–Crippen LogP) is 11.2. The van der Waals surface area contributed by atoms with Crippen LogP contribution >= 0.6 is 0 Å². The molecule has 0 saturated carbocycles. The third-order valence-corrected chi connectivity index (χ3v) is 10.8. The predicted molar refractivity (Wildman–Crippen MR) is 267 cm³/mol. The van der Waals surface area contributed by atoms with Crippen LogP contribution in [0.1, 0.15) is 162 Å². The molecular formula is C55H89NO8. The molecule has 0 aromatic carbocycles. The lowest BCUT2D eigenvalue weighted by Gasteiger charge is -2.40. The first-order valence-electron chi connectivity index (χ1n) is 24.8. The molecule has 9 heteroatoms. The first kappa shape index (κ1) is 58.6. The molecule has 7 atom stereocenters. The Kier molecular flexibility index (Phi) is 39.8. The Balaban J connectivity index is 2.14.